The minimum Gasteiger partial charge on any atom is -0.0879 e. The third kappa shape index (κ3) is 8.24. The SMILES string of the molecule is C1=CC2C(C1)C1CC2C2C3CCC(C3)C12.C1=CC2C3C=CC(C3)C2C1.C1=CCC=C1.CC.CC.CC.CC.CC.CC. The predicted octanol–water partition coefficient (Wildman–Crippen LogP) is 13.5. The molecular formula is C42H74. The molecule has 5 fully saturated rings. The lowest BCUT2D eigenvalue weighted by Crippen LogP contribution is -2.36. The molecule has 9 aliphatic rings. The van der Waals surface area contributed by atoms with Crippen molar-refractivity contribution in [3.63, 3.8) is 0 Å². The summed E-state index contributed by atoms with van der Waals surface area (Å²) in [6, 6.07) is 0. The second-order valence-corrected chi connectivity index (χ2v) is 11.9. The molecular weight excluding hydrogens is 504 g/mol. The molecule has 0 spiro atoms. The molecule has 242 valence electrons. The van der Waals surface area contributed by atoms with Crippen molar-refractivity contribution in [2.75, 3.05) is 0 Å². The summed E-state index contributed by atoms with van der Waals surface area (Å²) < 4.78 is 0. The van der Waals surface area contributed by atoms with Gasteiger partial charge in [0.2, 0.25) is 0 Å². The standard InChI is InChI=1S/C15H20.C10H12.C5H6.6C2H6/c1-2-10-11(3-1)13-7-12(10)14-8-4-5-9(6-8)15(13)14;1-2-9-7-4-5-8(6-7)10(9)3-1;1-2-4-5-3-1;6*1-2/h1-2,8-15H,3-7H2;1-2,4-5,7-10H,3,6H2;1-4H,5H2;6*1-2H3. The first kappa shape index (κ1) is 38.7. The van der Waals surface area contributed by atoms with E-state index in [1.807, 2.05) is 83.1 Å². The maximum atomic E-state index is 2.59. The Morgan fingerprint density at radius 3 is 1.43 bits per heavy atom. The van der Waals surface area contributed by atoms with Gasteiger partial charge < -0.3 is 0 Å². The number of allylic oxidation sites excluding steroid dienone is 10. The summed E-state index contributed by atoms with van der Waals surface area (Å²) in [4.78, 5) is 0. The van der Waals surface area contributed by atoms with Gasteiger partial charge in [-0.05, 0) is 122 Å². The largest absolute Gasteiger partial charge is 0.0879 e. The Morgan fingerprint density at radius 1 is 0.405 bits per heavy atom. The zero-order chi connectivity index (χ0) is 31.7. The minimum absolute atomic E-state index is 0.925. The van der Waals surface area contributed by atoms with E-state index < -0.39 is 0 Å². The molecule has 5 saturated carbocycles. The average Bonchev–Trinajstić information content (AvgIpc) is 3.93. The molecule has 0 nitrogen and oxygen atoms in total. The van der Waals surface area contributed by atoms with Gasteiger partial charge in [0.15, 0.2) is 0 Å². The Labute approximate surface area is 265 Å². The van der Waals surface area contributed by atoms with Gasteiger partial charge in [-0.3, -0.25) is 0 Å². The van der Waals surface area contributed by atoms with Crippen molar-refractivity contribution in [2.45, 2.75) is 134 Å². The second kappa shape index (κ2) is 21.4. The molecule has 0 heteroatoms. The monoisotopic (exact) mass is 579 g/mol. The van der Waals surface area contributed by atoms with Gasteiger partial charge in [0.25, 0.3) is 0 Å². The zero-order valence-corrected chi connectivity index (χ0v) is 30.4. The van der Waals surface area contributed by atoms with E-state index in [0.717, 1.165) is 53.8 Å². The van der Waals surface area contributed by atoms with Gasteiger partial charge in [0.05, 0.1) is 0 Å². The molecule has 12 unspecified atom stereocenters. The van der Waals surface area contributed by atoms with E-state index in [9.17, 15) is 0 Å². The Hall–Kier alpha value is -1.30. The van der Waals surface area contributed by atoms with Gasteiger partial charge in [-0.25, -0.2) is 0 Å². The van der Waals surface area contributed by atoms with E-state index in [2.05, 4.69) is 60.8 Å². The molecule has 0 saturated heterocycles. The van der Waals surface area contributed by atoms with Crippen LogP contribution in [0.1, 0.15) is 134 Å². The van der Waals surface area contributed by atoms with Crippen LogP contribution < -0.4 is 0 Å². The topological polar surface area (TPSA) is 0 Å². The zero-order valence-electron chi connectivity index (χ0n) is 30.4. The number of hydrogen-bond donors (Lipinski definition) is 0. The lowest BCUT2D eigenvalue weighted by molar-refractivity contribution is 0.0823. The van der Waals surface area contributed by atoms with Crippen LogP contribution in [0.25, 0.3) is 0 Å². The Morgan fingerprint density at radius 2 is 0.905 bits per heavy atom. The fraction of sp³-hybridized carbons (Fsp3) is 0.762. The summed E-state index contributed by atoms with van der Waals surface area (Å²) in [6.45, 7) is 24.0. The highest BCUT2D eigenvalue weighted by molar-refractivity contribution is 5.22. The summed E-state index contributed by atoms with van der Waals surface area (Å²) in [6.07, 6.45) is 35.0. The number of rotatable bonds is 0. The molecule has 12 atom stereocenters. The van der Waals surface area contributed by atoms with Crippen molar-refractivity contribution in [2.24, 2.45) is 71.0 Å². The maximum absolute atomic E-state index is 2.59. The van der Waals surface area contributed by atoms with Crippen molar-refractivity contribution in [1.82, 2.24) is 0 Å². The first-order valence-electron chi connectivity index (χ1n) is 19.2. The molecule has 0 N–H and O–H groups in total. The normalized spacial score (nSPS) is 40.1. The quantitative estimate of drug-likeness (QED) is 0.198. The van der Waals surface area contributed by atoms with Gasteiger partial charge in [0, 0.05) is 0 Å². The number of hydrogen-bond acceptors (Lipinski definition) is 0. The summed E-state index contributed by atoms with van der Waals surface area (Å²) in [5, 5.41) is 0. The molecule has 0 aromatic carbocycles. The van der Waals surface area contributed by atoms with Gasteiger partial charge in [-0.1, -0.05) is 144 Å². The third-order valence-corrected chi connectivity index (χ3v) is 11.0. The molecule has 6 bridgehead atoms. The van der Waals surface area contributed by atoms with Crippen LogP contribution in [0.4, 0.5) is 0 Å². The smallest absolute Gasteiger partial charge is 0.0133 e. The molecule has 42 heavy (non-hydrogen) atoms. The van der Waals surface area contributed by atoms with Gasteiger partial charge in [0.1, 0.15) is 0 Å². The van der Waals surface area contributed by atoms with E-state index in [1.165, 1.54) is 42.9 Å². The van der Waals surface area contributed by atoms with Crippen molar-refractivity contribution in [3.05, 3.63) is 60.8 Å². The van der Waals surface area contributed by atoms with E-state index >= 15 is 0 Å². The Balaban J connectivity index is 0.000000286. The van der Waals surface area contributed by atoms with Gasteiger partial charge in [-0.15, -0.1) is 0 Å². The maximum Gasteiger partial charge on any atom is -0.0133 e. The van der Waals surface area contributed by atoms with E-state index in [4.69, 9.17) is 0 Å². The summed E-state index contributed by atoms with van der Waals surface area (Å²) in [5.74, 6) is 13.0. The van der Waals surface area contributed by atoms with Crippen LogP contribution in [0.3, 0.4) is 0 Å². The first-order chi connectivity index (χ1) is 20.9. The van der Waals surface area contributed by atoms with Gasteiger partial charge >= 0.3 is 0 Å². The van der Waals surface area contributed by atoms with E-state index in [1.54, 1.807) is 25.7 Å². The van der Waals surface area contributed by atoms with Crippen LogP contribution in [-0.2, 0) is 0 Å². The summed E-state index contributed by atoms with van der Waals surface area (Å²) in [7, 11) is 0. The molecule has 0 radical (unpaired) electrons. The van der Waals surface area contributed by atoms with E-state index in [-0.39, 0.29) is 0 Å². The molecule has 0 aromatic rings. The van der Waals surface area contributed by atoms with Crippen LogP contribution in [0.5, 0.6) is 0 Å². The molecule has 0 aliphatic heterocycles. The minimum atomic E-state index is 0.925. The highest BCUT2D eigenvalue weighted by Crippen LogP contribution is 2.71. The lowest BCUT2D eigenvalue weighted by atomic mass is 9.64. The molecule has 0 heterocycles. The highest BCUT2D eigenvalue weighted by Gasteiger charge is 2.65. The fourth-order valence-corrected chi connectivity index (χ4v) is 10.1. The predicted molar refractivity (Wildman–Crippen MR) is 193 cm³/mol. The van der Waals surface area contributed by atoms with Crippen molar-refractivity contribution in [1.29, 1.82) is 0 Å². The summed E-state index contributed by atoms with van der Waals surface area (Å²) in [5.41, 5.74) is 0. The van der Waals surface area contributed by atoms with Crippen LogP contribution >= 0.6 is 0 Å². The molecule has 9 aliphatic carbocycles. The molecule has 0 amide bonds. The van der Waals surface area contributed by atoms with Crippen LogP contribution in [0.2, 0.25) is 0 Å². The first-order valence-corrected chi connectivity index (χ1v) is 19.2. The molecule has 0 aromatic heterocycles. The Bertz CT molecular complexity index is 813. The van der Waals surface area contributed by atoms with E-state index in [0.29, 0.717) is 0 Å². The molecule has 9 rings (SSSR count). The van der Waals surface area contributed by atoms with Crippen molar-refractivity contribution < 1.29 is 0 Å². The second-order valence-electron chi connectivity index (χ2n) is 11.9. The Kier molecular flexibility index (Phi) is 19.7. The fourth-order valence-electron chi connectivity index (χ4n) is 10.1. The van der Waals surface area contributed by atoms with Crippen molar-refractivity contribution >= 4 is 0 Å². The lowest BCUT2D eigenvalue weighted by Gasteiger charge is -2.40. The average molecular weight is 579 g/mol. The third-order valence-electron chi connectivity index (χ3n) is 11.0. The van der Waals surface area contributed by atoms with Gasteiger partial charge in [-0.2, -0.15) is 0 Å². The number of fused-ring (bicyclic) bond motifs is 17. The van der Waals surface area contributed by atoms with Crippen LogP contribution in [-0.4, -0.2) is 0 Å². The summed E-state index contributed by atoms with van der Waals surface area (Å²) >= 11 is 0. The highest BCUT2D eigenvalue weighted by atomic mass is 14.7. The van der Waals surface area contributed by atoms with Crippen LogP contribution in [0.15, 0.2) is 60.8 Å². The van der Waals surface area contributed by atoms with Crippen molar-refractivity contribution in [3.8, 4) is 0 Å². The van der Waals surface area contributed by atoms with Crippen LogP contribution in [0, 0.1) is 71.0 Å².